The third-order valence-corrected chi connectivity index (χ3v) is 4.44. The average molecular weight is 419 g/mol. The number of rotatable bonds is 4. The van der Waals surface area contributed by atoms with Crippen molar-refractivity contribution in [1.82, 2.24) is 9.78 Å². The van der Waals surface area contributed by atoms with Crippen molar-refractivity contribution in [2.45, 2.75) is 44.1 Å². The predicted molar refractivity (Wildman–Crippen MR) is 90.3 cm³/mol. The number of anilines is 1. The molecule has 0 aliphatic heterocycles. The molecule has 1 aromatic carbocycles. The van der Waals surface area contributed by atoms with Crippen LogP contribution in [0.3, 0.4) is 0 Å². The van der Waals surface area contributed by atoms with Gasteiger partial charge in [-0.05, 0) is 44.0 Å². The largest absolute Gasteiger partial charge is 0.416 e. The van der Waals surface area contributed by atoms with Gasteiger partial charge in [-0.3, -0.25) is 9.59 Å². The highest BCUT2D eigenvalue weighted by Gasteiger charge is 2.37. The van der Waals surface area contributed by atoms with Gasteiger partial charge in [0.2, 0.25) is 5.91 Å². The second-order valence-electron chi connectivity index (χ2n) is 6.78. The van der Waals surface area contributed by atoms with Crippen LogP contribution < -0.4 is 10.9 Å². The third-order valence-electron chi connectivity index (χ3n) is 4.44. The first kappa shape index (κ1) is 20.9. The molecule has 3 rings (SSSR count). The fourth-order valence-corrected chi connectivity index (χ4v) is 2.70. The van der Waals surface area contributed by atoms with E-state index in [0.29, 0.717) is 17.8 Å². The van der Waals surface area contributed by atoms with Gasteiger partial charge in [0.15, 0.2) is 0 Å². The molecule has 0 spiro atoms. The SMILES string of the molecule is CC(C(=O)Nc1cc(C(F)(F)F)cc(C(F)(F)F)c1)n1nc(C2CC2)ccc1=O. The van der Waals surface area contributed by atoms with Crippen LogP contribution in [-0.2, 0) is 17.1 Å². The minimum Gasteiger partial charge on any atom is -0.324 e. The van der Waals surface area contributed by atoms with Gasteiger partial charge in [-0.1, -0.05) is 0 Å². The van der Waals surface area contributed by atoms with Crippen molar-refractivity contribution in [3.8, 4) is 0 Å². The summed E-state index contributed by atoms with van der Waals surface area (Å²) in [5.41, 5.74) is -3.81. The number of nitrogens with one attached hydrogen (secondary N) is 1. The van der Waals surface area contributed by atoms with E-state index >= 15 is 0 Å². The van der Waals surface area contributed by atoms with Gasteiger partial charge in [-0.25, -0.2) is 4.68 Å². The molecule has 1 aromatic heterocycles. The maximum atomic E-state index is 12.9. The van der Waals surface area contributed by atoms with Crippen molar-refractivity contribution in [3.05, 3.63) is 57.5 Å². The smallest absolute Gasteiger partial charge is 0.324 e. The molecule has 0 saturated heterocycles. The Kier molecular flexibility index (Phi) is 5.18. The number of halogens is 6. The van der Waals surface area contributed by atoms with Crippen LogP contribution in [0.1, 0.15) is 48.5 Å². The highest BCUT2D eigenvalue weighted by atomic mass is 19.4. The van der Waals surface area contributed by atoms with E-state index in [1.165, 1.54) is 19.1 Å². The maximum Gasteiger partial charge on any atom is 0.416 e. The highest BCUT2D eigenvalue weighted by Crippen LogP contribution is 2.39. The zero-order chi connectivity index (χ0) is 21.6. The summed E-state index contributed by atoms with van der Waals surface area (Å²) in [7, 11) is 0. The second kappa shape index (κ2) is 7.20. The van der Waals surface area contributed by atoms with E-state index in [9.17, 15) is 35.9 Å². The lowest BCUT2D eigenvalue weighted by atomic mass is 10.1. The average Bonchev–Trinajstić information content (AvgIpc) is 3.45. The molecule has 156 valence electrons. The van der Waals surface area contributed by atoms with E-state index in [4.69, 9.17) is 0 Å². The molecule has 1 unspecified atom stereocenters. The number of carbonyl (C=O) groups excluding carboxylic acids is 1. The van der Waals surface area contributed by atoms with Crippen molar-refractivity contribution < 1.29 is 31.1 Å². The van der Waals surface area contributed by atoms with Crippen molar-refractivity contribution in [2.75, 3.05) is 5.32 Å². The molecule has 5 nitrogen and oxygen atoms in total. The summed E-state index contributed by atoms with van der Waals surface area (Å²) in [5, 5.41) is 6.11. The summed E-state index contributed by atoms with van der Waals surface area (Å²) < 4.78 is 78.5. The summed E-state index contributed by atoms with van der Waals surface area (Å²) in [5.74, 6) is -0.796. The monoisotopic (exact) mass is 419 g/mol. The van der Waals surface area contributed by atoms with Gasteiger partial charge < -0.3 is 5.32 Å². The predicted octanol–water partition coefficient (Wildman–Crippen LogP) is 4.36. The van der Waals surface area contributed by atoms with Crippen LogP contribution in [0.4, 0.5) is 32.0 Å². The van der Waals surface area contributed by atoms with Gasteiger partial charge >= 0.3 is 12.4 Å². The van der Waals surface area contributed by atoms with Gasteiger partial charge in [0.1, 0.15) is 6.04 Å². The molecule has 1 amide bonds. The second-order valence-corrected chi connectivity index (χ2v) is 6.78. The molecule has 0 bridgehead atoms. The lowest BCUT2D eigenvalue weighted by Gasteiger charge is -2.17. The highest BCUT2D eigenvalue weighted by molar-refractivity contribution is 5.93. The Hall–Kier alpha value is -2.85. The minimum absolute atomic E-state index is 0.0375. The molecule has 11 heteroatoms. The fourth-order valence-electron chi connectivity index (χ4n) is 2.70. The molecule has 1 aliphatic carbocycles. The number of hydrogen-bond donors (Lipinski definition) is 1. The molecule has 1 atom stereocenters. The molecular weight excluding hydrogens is 404 g/mol. The number of amides is 1. The van der Waals surface area contributed by atoms with Gasteiger partial charge in [0.05, 0.1) is 16.8 Å². The van der Waals surface area contributed by atoms with E-state index in [1.807, 2.05) is 5.32 Å². The molecule has 29 heavy (non-hydrogen) atoms. The topological polar surface area (TPSA) is 64.0 Å². The maximum absolute atomic E-state index is 12.9. The molecule has 1 N–H and O–H groups in total. The van der Waals surface area contributed by atoms with Crippen molar-refractivity contribution in [3.63, 3.8) is 0 Å². The Bertz CT molecular complexity index is 960. The van der Waals surface area contributed by atoms with Crippen LogP contribution >= 0.6 is 0 Å². The first-order valence-electron chi connectivity index (χ1n) is 8.56. The van der Waals surface area contributed by atoms with Gasteiger partial charge in [-0.15, -0.1) is 0 Å². The zero-order valence-corrected chi connectivity index (χ0v) is 14.9. The van der Waals surface area contributed by atoms with Crippen LogP contribution in [0, 0.1) is 0 Å². The molecule has 1 heterocycles. The quantitative estimate of drug-likeness (QED) is 0.750. The summed E-state index contributed by atoms with van der Waals surface area (Å²) in [6.07, 6.45) is -8.31. The first-order valence-corrected chi connectivity index (χ1v) is 8.56. The lowest BCUT2D eigenvalue weighted by Crippen LogP contribution is -2.33. The number of aromatic nitrogens is 2. The Morgan fingerprint density at radius 1 is 1.07 bits per heavy atom. The van der Waals surface area contributed by atoms with Crippen molar-refractivity contribution in [1.29, 1.82) is 0 Å². The third kappa shape index (κ3) is 4.77. The van der Waals surface area contributed by atoms with Crippen LogP contribution in [0.15, 0.2) is 35.1 Å². The summed E-state index contributed by atoms with van der Waals surface area (Å²) in [6, 6.07) is 2.27. The van der Waals surface area contributed by atoms with Crippen LogP contribution in [-0.4, -0.2) is 15.7 Å². The number of nitrogens with zero attached hydrogens (tertiary/aromatic N) is 2. The van der Waals surface area contributed by atoms with Gasteiger partial charge in [-0.2, -0.15) is 31.4 Å². The van der Waals surface area contributed by atoms with E-state index < -0.39 is 46.7 Å². The van der Waals surface area contributed by atoms with E-state index in [2.05, 4.69) is 5.10 Å². The number of benzene rings is 1. The minimum atomic E-state index is -5.04. The first-order chi connectivity index (χ1) is 13.4. The van der Waals surface area contributed by atoms with E-state index in [0.717, 1.165) is 17.5 Å². The Morgan fingerprint density at radius 3 is 2.10 bits per heavy atom. The number of alkyl halides is 6. The van der Waals surface area contributed by atoms with Crippen molar-refractivity contribution in [2.24, 2.45) is 0 Å². The summed E-state index contributed by atoms with van der Waals surface area (Å²) >= 11 is 0. The van der Waals surface area contributed by atoms with Crippen molar-refractivity contribution >= 4 is 11.6 Å². The Balaban J connectivity index is 1.90. The van der Waals surface area contributed by atoms with E-state index in [-0.39, 0.29) is 12.0 Å². The fraction of sp³-hybridized carbons (Fsp3) is 0.389. The van der Waals surface area contributed by atoms with Gasteiger partial charge in [0.25, 0.3) is 5.56 Å². The zero-order valence-electron chi connectivity index (χ0n) is 14.9. The molecule has 2 aromatic rings. The molecule has 1 aliphatic rings. The summed E-state index contributed by atoms with van der Waals surface area (Å²) in [4.78, 5) is 24.4. The molecule has 0 radical (unpaired) electrons. The number of carbonyl (C=O) groups is 1. The number of hydrogen-bond acceptors (Lipinski definition) is 3. The van der Waals surface area contributed by atoms with E-state index in [1.54, 1.807) is 0 Å². The van der Waals surface area contributed by atoms with Crippen LogP contribution in [0.5, 0.6) is 0 Å². The normalized spacial score (nSPS) is 15.8. The van der Waals surface area contributed by atoms with Gasteiger partial charge in [0, 0.05) is 17.7 Å². The van der Waals surface area contributed by atoms with Crippen LogP contribution in [0.2, 0.25) is 0 Å². The Morgan fingerprint density at radius 2 is 1.62 bits per heavy atom. The molecule has 1 fully saturated rings. The van der Waals surface area contributed by atoms with Crippen LogP contribution in [0.25, 0.3) is 0 Å². The summed E-state index contributed by atoms with van der Waals surface area (Å²) in [6.45, 7) is 1.28. The molecule has 1 saturated carbocycles. The lowest BCUT2D eigenvalue weighted by molar-refractivity contribution is -0.143. The Labute approximate surface area is 160 Å². The molecular formula is C18H15F6N3O2. The standard InChI is InChI=1S/C18H15F6N3O2/c1-9(27-15(28)5-4-14(26-27)10-2-3-10)16(29)25-13-7-11(17(19,20)21)6-12(8-13)18(22,23)24/h4-10H,2-3H2,1H3,(H,25,29).